The van der Waals surface area contributed by atoms with Crippen molar-refractivity contribution in [3.8, 4) is 11.5 Å². The number of anilines is 3. The van der Waals surface area contributed by atoms with Gasteiger partial charge >= 0.3 is 0 Å². The Bertz CT molecular complexity index is 1540. The number of nitrogens with two attached hydrogens (primary N) is 2. The maximum absolute atomic E-state index is 12.8. The van der Waals surface area contributed by atoms with Crippen LogP contribution in [0, 0.1) is 46.3 Å². The van der Waals surface area contributed by atoms with Gasteiger partial charge in [-0.05, 0) is 159 Å². The average molecular weight is 650 g/mol. The molecule has 4 fully saturated rings. The molecule has 4 saturated carbocycles. The Morgan fingerprint density at radius 2 is 1.40 bits per heavy atom. The summed E-state index contributed by atoms with van der Waals surface area (Å²) in [6.45, 7) is 7.61. The third-order valence-corrected chi connectivity index (χ3v) is 13.6. The lowest BCUT2D eigenvalue weighted by Crippen LogP contribution is -2.59. The van der Waals surface area contributed by atoms with Gasteiger partial charge in [-0.3, -0.25) is 4.79 Å². The smallest absolute Gasteiger partial charge is 0.224 e. The molecular weight excluding hydrogens is 594 g/mol. The Balaban J connectivity index is 1.08. The van der Waals surface area contributed by atoms with Gasteiger partial charge in [0.1, 0.15) is 17.6 Å². The van der Waals surface area contributed by atoms with Crippen LogP contribution in [0.4, 0.5) is 17.1 Å². The first kappa shape index (κ1) is 32.9. The largest absolute Gasteiger partial charge is 0.490 e. The number of carbonyl (C=O) groups is 1. The fraction of sp³-hybridized carbons (Fsp3) is 0.548. The summed E-state index contributed by atoms with van der Waals surface area (Å²) in [6.07, 6.45) is 11.3. The molecule has 0 spiro atoms. The molecule has 0 radical (unpaired) electrons. The van der Waals surface area contributed by atoms with Crippen LogP contribution < -0.4 is 26.3 Å². The summed E-state index contributed by atoms with van der Waals surface area (Å²) in [7, 11) is 0. The number of nitrogens with one attached hydrogen (secondary N) is 1. The number of amides is 1. The quantitative estimate of drug-likeness (QED) is 0.201. The van der Waals surface area contributed by atoms with Gasteiger partial charge in [0.25, 0.3) is 0 Å². The van der Waals surface area contributed by atoms with Crippen molar-refractivity contribution in [1.29, 1.82) is 0 Å². The van der Waals surface area contributed by atoms with E-state index in [9.17, 15) is 4.79 Å². The molecular formula is C42H55N3O3. The summed E-state index contributed by atoms with van der Waals surface area (Å²) in [4.78, 5) is 12.8. The molecule has 256 valence electrons. The molecule has 3 unspecified atom stereocenters. The topological polar surface area (TPSA) is 99.6 Å². The van der Waals surface area contributed by atoms with E-state index < -0.39 is 0 Å². The Kier molecular flexibility index (Phi) is 9.12. The molecule has 10 atom stereocenters. The Hall–Kier alpha value is -3.67. The van der Waals surface area contributed by atoms with Crippen LogP contribution in [0.5, 0.6) is 11.5 Å². The van der Waals surface area contributed by atoms with Crippen LogP contribution in [0.3, 0.4) is 0 Å². The second-order valence-corrected chi connectivity index (χ2v) is 16.2. The molecule has 4 aliphatic rings. The third kappa shape index (κ3) is 6.40. The number of nitrogen functional groups attached to an aromatic ring is 2. The van der Waals surface area contributed by atoms with E-state index in [1.165, 1.54) is 32.1 Å². The van der Waals surface area contributed by atoms with E-state index in [-0.39, 0.29) is 23.5 Å². The molecule has 5 N–H and O–H groups in total. The first-order valence-electron chi connectivity index (χ1n) is 18.5. The molecule has 6 heteroatoms. The number of fused-ring (bicyclic) bond motifs is 5. The molecule has 0 aromatic heterocycles. The minimum Gasteiger partial charge on any atom is -0.490 e. The highest BCUT2D eigenvalue weighted by Crippen LogP contribution is 2.68. The molecule has 0 saturated heterocycles. The van der Waals surface area contributed by atoms with Crippen LogP contribution in [0.25, 0.3) is 0 Å². The summed E-state index contributed by atoms with van der Waals surface area (Å²) >= 11 is 0. The Morgan fingerprint density at radius 1 is 0.771 bits per heavy atom. The van der Waals surface area contributed by atoms with Crippen molar-refractivity contribution >= 4 is 23.0 Å². The van der Waals surface area contributed by atoms with E-state index in [2.05, 4.69) is 26.1 Å². The van der Waals surface area contributed by atoms with Gasteiger partial charge in [-0.15, -0.1) is 0 Å². The van der Waals surface area contributed by atoms with Crippen LogP contribution >= 0.6 is 0 Å². The van der Waals surface area contributed by atoms with Crippen LogP contribution in [0.2, 0.25) is 0 Å². The van der Waals surface area contributed by atoms with Crippen LogP contribution in [0.1, 0.15) is 85.0 Å². The van der Waals surface area contributed by atoms with E-state index >= 15 is 0 Å². The van der Waals surface area contributed by atoms with E-state index in [1.54, 1.807) is 0 Å². The summed E-state index contributed by atoms with van der Waals surface area (Å²) in [5, 5.41) is 3.09. The second kappa shape index (κ2) is 13.3. The molecule has 1 amide bonds. The van der Waals surface area contributed by atoms with E-state index in [1.807, 2.05) is 78.9 Å². The lowest BCUT2D eigenvalue weighted by Gasteiger charge is -2.63. The van der Waals surface area contributed by atoms with Crippen molar-refractivity contribution in [2.45, 2.75) is 97.2 Å². The molecule has 7 rings (SSSR count). The van der Waals surface area contributed by atoms with Crippen molar-refractivity contribution in [2.75, 3.05) is 16.8 Å². The number of rotatable bonds is 9. The second-order valence-electron chi connectivity index (χ2n) is 16.2. The summed E-state index contributed by atoms with van der Waals surface area (Å²) < 4.78 is 13.6. The summed E-state index contributed by atoms with van der Waals surface area (Å²) in [5.74, 6) is 5.59. The highest BCUT2D eigenvalue weighted by atomic mass is 16.5. The molecule has 0 aliphatic heterocycles. The predicted molar refractivity (Wildman–Crippen MR) is 195 cm³/mol. The van der Waals surface area contributed by atoms with Gasteiger partial charge in [0, 0.05) is 29.4 Å². The zero-order valence-electron chi connectivity index (χ0n) is 29.1. The summed E-state index contributed by atoms with van der Waals surface area (Å²) in [6, 6.07) is 25.7. The van der Waals surface area contributed by atoms with Crippen LogP contribution in [0.15, 0.2) is 78.9 Å². The van der Waals surface area contributed by atoms with Crippen molar-refractivity contribution in [3.63, 3.8) is 0 Å². The molecule has 3 aromatic carbocycles. The van der Waals surface area contributed by atoms with Gasteiger partial charge in [-0.2, -0.15) is 0 Å². The average Bonchev–Trinajstić information content (AvgIpc) is 3.44. The van der Waals surface area contributed by atoms with Crippen molar-refractivity contribution in [2.24, 2.45) is 46.3 Å². The highest BCUT2D eigenvalue weighted by Gasteiger charge is 2.63. The predicted octanol–water partition coefficient (Wildman–Crippen LogP) is 9.37. The molecule has 6 nitrogen and oxygen atoms in total. The van der Waals surface area contributed by atoms with E-state index in [0.717, 1.165) is 54.2 Å². The van der Waals surface area contributed by atoms with Crippen LogP contribution in [-0.4, -0.2) is 18.1 Å². The fourth-order valence-corrected chi connectivity index (χ4v) is 11.2. The maximum Gasteiger partial charge on any atom is 0.224 e. The van der Waals surface area contributed by atoms with Gasteiger partial charge < -0.3 is 26.3 Å². The third-order valence-electron chi connectivity index (χ3n) is 13.6. The number of hydrogen-bond donors (Lipinski definition) is 3. The fourth-order valence-electron chi connectivity index (χ4n) is 11.2. The van der Waals surface area contributed by atoms with Gasteiger partial charge in [0.05, 0.1) is 6.10 Å². The maximum atomic E-state index is 12.8. The van der Waals surface area contributed by atoms with Crippen LogP contribution in [-0.2, 0) is 4.79 Å². The zero-order chi connectivity index (χ0) is 33.5. The van der Waals surface area contributed by atoms with Crippen molar-refractivity contribution in [1.82, 2.24) is 0 Å². The van der Waals surface area contributed by atoms with E-state index in [0.29, 0.717) is 47.3 Å². The van der Waals surface area contributed by atoms with Gasteiger partial charge in [-0.25, -0.2) is 0 Å². The molecule has 48 heavy (non-hydrogen) atoms. The lowest BCUT2D eigenvalue weighted by molar-refractivity contribution is -0.164. The number of para-hydroxylation sites is 1. The Morgan fingerprint density at radius 3 is 2.08 bits per heavy atom. The number of carbonyl (C=O) groups excluding carboxylic acids is 1. The van der Waals surface area contributed by atoms with Gasteiger partial charge in [-0.1, -0.05) is 39.0 Å². The summed E-state index contributed by atoms with van der Waals surface area (Å²) in [5.41, 5.74) is 14.9. The van der Waals surface area contributed by atoms with Gasteiger partial charge in [0.2, 0.25) is 5.91 Å². The van der Waals surface area contributed by atoms with Crippen molar-refractivity contribution < 1.29 is 14.3 Å². The number of ether oxygens (including phenoxy) is 2. The minimum absolute atomic E-state index is 0.126. The SMILES string of the molecule is C[C@H](CCC(=O)Nc1ccccc1)[C@H]1CC[C@H]2[C@@H]3CC(Oc4ccc(N)cc4)C4CC(Oc5ccc(N)cc5)CC[C@]4(C)[C@H]3CC[C@]12C. The van der Waals surface area contributed by atoms with Crippen molar-refractivity contribution in [3.05, 3.63) is 78.9 Å². The monoisotopic (exact) mass is 649 g/mol. The number of benzene rings is 3. The number of hydrogen-bond acceptors (Lipinski definition) is 5. The molecule has 0 bridgehead atoms. The lowest BCUT2D eigenvalue weighted by atomic mass is 9.43. The molecule has 0 heterocycles. The first-order valence-corrected chi connectivity index (χ1v) is 18.5. The van der Waals surface area contributed by atoms with E-state index in [4.69, 9.17) is 20.9 Å². The molecule has 3 aromatic rings. The first-order chi connectivity index (χ1) is 23.1. The highest BCUT2D eigenvalue weighted by molar-refractivity contribution is 5.90. The standard InChI is InChI=1S/C42H55N3O3/c1-27(9-20-40(46)45-30-7-5-4-6-8-30)35-18-19-36-34-26-39(48-32-16-12-29(44)13-17-32)38-25-33(47-31-14-10-28(43)11-15-31)21-23-42(38,3)37(34)22-24-41(35,36)2/h4-8,10-17,27,33-39H,9,18-26,43-44H2,1-3H3,(H,45,46)/t27-,33?,34+,35-,36+,37+,38?,39?,41-,42-/m1/s1. The Labute approximate surface area is 287 Å². The molecule has 4 aliphatic carbocycles. The minimum atomic E-state index is 0.126. The van der Waals surface area contributed by atoms with Gasteiger partial charge in [0.15, 0.2) is 0 Å². The normalized spacial score (nSPS) is 34.6. The zero-order valence-corrected chi connectivity index (χ0v) is 29.1.